The van der Waals surface area contributed by atoms with E-state index < -0.39 is 0 Å². The van der Waals surface area contributed by atoms with Crippen LogP contribution in [0.25, 0.3) is 10.3 Å². The van der Waals surface area contributed by atoms with E-state index in [0.29, 0.717) is 5.02 Å². The van der Waals surface area contributed by atoms with Crippen molar-refractivity contribution in [2.45, 2.75) is 0 Å². The highest BCUT2D eigenvalue weighted by Gasteiger charge is 2.04. The molecule has 2 aromatic rings. The first-order valence-corrected chi connectivity index (χ1v) is 4.82. The highest BCUT2D eigenvalue weighted by Crippen LogP contribution is 2.28. The number of hydrogen-bond acceptors (Lipinski definition) is 3. The number of hydrogen-bond donors (Lipinski definition) is 0. The molecule has 5 heteroatoms. The third-order valence-corrected chi connectivity index (χ3v) is 2.94. The molecule has 2 rings (SSSR count). The van der Waals surface area contributed by atoms with Gasteiger partial charge in [-0.05, 0) is 22.0 Å². The van der Waals surface area contributed by atoms with Crippen LogP contribution < -0.4 is 0 Å². The minimum atomic E-state index is 0.650. The van der Waals surface area contributed by atoms with Crippen LogP contribution in [0.1, 0.15) is 0 Å². The fraction of sp³-hybridized carbons (Fsp3) is 0. The van der Waals surface area contributed by atoms with Crippen LogP contribution in [0.2, 0.25) is 5.02 Å². The largest absolute Gasteiger partial charge is 0.244 e. The van der Waals surface area contributed by atoms with E-state index >= 15 is 0 Å². The Kier molecular flexibility index (Phi) is 1.83. The van der Waals surface area contributed by atoms with Crippen LogP contribution in [0.15, 0.2) is 16.2 Å². The molecule has 0 fully saturated rings. The average Bonchev–Trinajstić information content (AvgIpc) is 2.31. The molecule has 0 aliphatic carbocycles. The molecule has 11 heavy (non-hydrogen) atoms. The Morgan fingerprint density at radius 1 is 1.55 bits per heavy atom. The molecule has 56 valence electrons. The van der Waals surface area contributed by atoms with Crippen molar-refractivity contribution in [3.05, 3.63) is 21.2 Å². The monoisotopic (exact) mass is 248 g/mol. The van der Waals surface area contributed by atoms with Gasteiger partial charge in [0.25, 0.3) is 0 Å². The van der Waals surface area contributed by atoms with Gasteiger partial charge in [-0.25, -0.2) is 9.97 Å². The van der Waals surface area contributed by atoms with E-state index in [1.807, 2.05) is 0 Å². The van der Waals surface area contributed by atoms with Crippen molar-refractivity contribution in [3.63, 3.8) is 0 Å². The summed E-state index contributed by atoms with van der Waals surface area (Å²) < 4.78 is 0.813. The highest BCUT2D eigenvalue weighted by molar-refractivity contribution is 9.11. The van der Waals surface area contributed by atoms with Crippen LogP contribution in [-0.4, -0.2) is 9.97 Å². The van der Waals surface area contributed by atoms with E-state index in [1.54, 1.807) is 12.3 Å². The zero-order valence-corrected chi connectivity index (χ0v) is 8.37. The summed E-state index contributed by atoms with van der Waals surface area (Å²) in [5, 5.41) is 0.650. The molecule has 0 saturated carbocycles. The Hall–Kier alpha value is -0.190. The molecule has 0 aliphatic rings. The Morgan fingerprint density at radius 3 is 3.09 bits per heavy atom. The third kappa shape index (κ3) is 1.26. The van der Waals surface area contributed by atoms with Gasteiger partial charge in [-0.2, -0.15) is 0 Å². The summed E-state index contributed by atoms with van der Waals surface area (Å²) in [7, 11) is 0. The Labute approximate surface area is 80.4 Å². The normalized spacial score (nSPS) is 10.7. The number of aromatic nitrogens is 2. The lowest BCUT2D eigenvalue weighted by Gasteiger charge is -1.87. The fourth-order valence-corrected chi connectivity index (χ4v) is 2.32. The topological polar surface area (TPSA) is 25.8 Å². The minimum absolute atomic E-state index is 0.650. The van der Waals surface area contributed by atoms with Gasteiger partial charge in [-0.3, -0.25) is 0 Å². The van der Waals surface area contributed by atoms with Crippen LogP contribution in [0.4, 0.5) is 0 Å². The first-order chi connectivity index (χ1) is 5.27. The van der Waals surface area contributed by atoms with Gasteiger partial charge in [-0.15, -0.1) is 0 Å². The molecule has 0 aliphatic heterocycles. The van der Waals surface area contributed by atoms with Gasteiger partial charge in [0.15, 0.2) is 3.92 Å². The lowest BCUT2D eigenvalue weighted by atomic mass is 10.5. The van der Waals surface area contributed by atoms with E-state index in [4.69, 9.17) is 11.6 Å². The van der Waals surface area contributed by atoms with E-state index in [0.717, 1.165) is 14.3 Å². The Bertz CT molecular complexity index is 400. The molecule has 0 amide bonds. The molecule has 2 aromatic heterocycles. The second kappa shape index (κ2) is 2.69. The summed E-state index contributed by atoms with van der Waals surface area (Å²) in [6, 6.07) is 1.73. The van der Waals surface area contributed by atoms with Gasteiger partial charge in [0.1, 0.15) is 10.3 Å². The predicted molar refractivity (Wildman–Crippen MR) is 50.1 cm³/mol. The van der Waals surface area contributed by atoms with Crippen LogP contribution in [0, 0.1) is 0 Å². The van der Waals surface area contributed by atoms with Crippen molar-refractivity contribution in [3.8, 4) is 0 Å². The van der Waals surface area contributed by atoms with E-state index in [2.05, 4.69) is 25.9 Å². The smallest absolute Gasteiger partial charge is 0.161 e. The van der Waals surface area contributed by atoms with Crippen LogP contribution >= 0.6 is 38.9 Å². The summed E-state index contributed by atoms with van der Waals surface area (Å²) in [6.45, 7) is 0. The lowest BCUT2D eigenvalue weighted by molar-refractivity contribution is 1.39. The summed E-state index contributed by atoms with van der Waals surface area (Å²) >= 11 is 10.6. The van der Waals surface area contributed by atoms with Crippen molar-refractivity contribution in [1.82, 2.24) is 9.97 Å². The molecule has 0 bridgehead atoms. The predicted octanol–water partition coefficient (Wildman–Crippen LogP) is 3.11. The SMILES string of the molecule is Clc1ccnc2sc(Br)nc12. The molecule has 2 nitrogen and oxygen atoms in total. The molecule has 0 spiro atoms. The van der Waals surface area contributed by atoms with Gasteiger partial charge in [0, 0.05) is 6.20 Å². The van der Waals surface area contributed by atoms with Crippen molar-refractivity contribution in [2.24, 2.45) is 0 Å². The summed E-state index contributed by atoms with van der Waals surface area (Å²) in [5.41, 5.74) is 0.769. The third-order valence-electron chi connectivity index (χ3n) is 1.22. The Morgan fingerprint density at radius 2 is 2.36 bits per heavy atom. The summed E-state index contributed by atoms with van der Waals surface area (Å²) in [5.74, 6) is 0. The zero-order valence-electron chi connectivity index (χ0n) is 5.21. The van der Waals surface area contributed by atoms with E-state index in [-0.39, 0.29) is 0 Å². The Balaban J connectivity index is 2.90. The molecule has 0 atom stereocenters. The van der Waals surface area contributed by atoms with Gasteiger partial charge >= 0.3 is 0 Å². The molecule has 0 saturated heterocycles. The second-order valence-electron chi connectivity index (χ2n) is 1.91. The van der Waals surface area contributed by atoms with Crippen LogP contribution in [0.3, 0.4) is 0 Å². The molecule has 2 heterocycles. The van der Waals surface area contributed by atoms with Gasteiger partial charge in [-0.1, -0.05) is 22.9 Å². The average molecular weight is 250 g/mol. The fourth-order valence-electron chi connectivity index (χ4n) is 0.779. The molecular weight excluding hydrogens is 248 g/mol. The quantitative estimate of drug-likeness (QED) is 0.717. The number of halogens is 2. The maximum Gasteiger partial charge on any atom is 0.161 e. The van der Waals surface area contributed by atoms with E-state index in [9.17, 15) is 0 Å². The summed E-state index contributed by atoms with van der Waals surface area (Å²) in [6.07, 6.45) is 1.68. The van der Waals surface area contributed by atoms with Crippen LogP contribution in [0.5, 0.6) is 0 Å². The number of rotatable bonds is 0. The molecule has 0 aromatic carbocycles. The van der Waals surface area contributed by atoms with Gasteiger partial charge < -0.3 is 0 Å². The first-order valence-electron chi connectivity index (χ1n) is 2.84. The van der Waals surface area contributed by atoms with Crippen molar-refractivity contribution in [2.75, 3.05) is 0 Å². The molecule has 0 N–H and O–H groups in total. The van der Waals surface area contributed by atoms with Gasteiger partial charge in [0.05, 0.1) is 5.02 Å². The van der Waals surface area contributed by atoms with Crippen molar-refractivity contribution < 1.29 is 0 Å². The standard InChI is InChI=1S/C6H2BrClN2S/c7-6-10-4-3(8)1-2-9-5(4)11-6/h1-2H. The van der Waals surface area contributed by atoms with Crippen molar-refractivity contribution >= 4 is 49.2 Å². The first kappa shape index (κ1) is 7.46. The summed E-state index contributed by atoms with van der Waals surface area (Å²) in [4.78, 5) is 9.12. The molecule has 0 radical (unpaired) electrons. The lowest BCUT2D eigenvalue weighted by Crippen LogP contribution is -1.72. The molecule has 0 unspecified atom stereocenters. The number of fused-ring (bicyclic) bond motifs is 1. The van der Waals surface area contributed by atoms with E-state index in [1.165, 1.54) is 11.3 Å². The highest BCUT2D eigenvalue weighted by atomic mass is 79.9. The molecular formula is C6H2BrClN2S. The number of thiazole rings is 1. The van der Waals surface area contributed by atoms with Crippen LogP contribution in [-0.2, 0) is 0 Å². The second-order valence-corrected chi connectivity index (χ2v) is 4.57. The maximum atomic E-state index is 5.85. The maximum absolute atomic E-state index is 5.85. The number of nitrogens with zero attached hydrogens (tertiary/aromatic N) is 2. The zero-order chi connectivity index (χ0) is 7.84. The van der Waals surface area contributed by atoms with Gasteiger partial charge in [0.2, 0.25) is 0 Å². The minimum Gasteiger partial charge on any atom is -0.244 e. The number of pyridine rings is 1. The van der Waals surface area contributed by atoms with Crippen molar-refractivity contribution in [1.29, 1.82) is 0 Å².